The third kappa shape index (κ3) is 7.35. The number of hydrogen-bond donors (Lipinski definition) is 3. The van der Waals surface area contributed by atoms with E-state index in [-0.39, 0.29) is 31.6 Å². The summed E-state index contributed by atoms with van der Waals surface area (Å²) in [6.45, 7) is 3.74. The Balaban J connectivity index is 1.53. The Morgan fingerprint density at radius 1 is 1.31 bits per heavy atom. The fraction of sp³-hybridized carbons (Fsp3) is 0.417. The first-order valence-corrected chi connectivity index (χ1v) is 12.0. The Kier molecular flexibility index (Phi) is 8.96. The third-order valence-corrected chi connectivity index (χ3v) is 6.74. The van der Waals surface area contributed by atoms with Gasteiger partial charge in [0.05, 0.1) is 21.7 Å². The number of fused-ring (bicyclic) bond motifs is 1. The number of aliphatic hydroxyl groups excluding tert-OH is 1. The Labute approximate surface area is 207 Å². The highest BCUT2D eigenvalue weighted by atomic mass is 32.1. The van der Waals surface area contributed by atoms with E-state index in [1.54, 1.807) is 26.2 Å². The van der Waals surface area contributed by atoms with Gasteiger partial charge >= 0.3 is 5.97 Å². The van der Waals surface area contributed by atoms with E-state index in [9.17, 15) is 20.0 Å². The van der Waals surface area contributed by atoms with Crippen molar-refractivity contribution in [1.82, 2.24) is 4.98 Å². The number of nitrogens with two attached hydrogens (primary N) is 1. The van der Waals surface area contributed by atoms with Crippen LogP contribution in [0.15, 0.2) is 48.8 Å². The van der Waals surface area contributed by atoms with Crippen LogP contribution in [0.25, 0.3) is 10.1 Å². The van der Waals surface area contributed by atoms with Gasteiger partial charge in [-0.2, -0.15) is 0 Å². The molecule has 0 saturated heterocycles. The fourth-order valence-electron chi connectivity index (χ4n) is 3.61. The van der Waals surface area contributed by atoms with E-state index in [2.05, 4.69) is 15.1 Å². The first-order chi connectivity index (χ1) is 16.7. The molecule has 0 aliphatic heterocycles. The molecule has 35 heavy (non-hydrogen) atoms. The van der Waals surface area contributed by atoms with Crippen LogP contribution in [0.3, 0.4) is 0 Å². The van der Waals surface area contributed by atoms with E-state index in [0.29, 0.717) is 12.8 Å². The van der Waals surface area contributed by atoms with Crippen molar-refractivity contribution < 1.29 is 24.6 Å². The van der Waals surface area contributed by atoms with Crippen molar-refractivity contribution in [1.29, 1.82) is 0 Å². The van der Waals surface area contributed by atoms with Gasteiger partial charge in [0.1, 0.15) is 12.8 Å². The van der Waals surface area contributed by atoms with Crippen molar-refractivity contribution in [3.05, 3.63) is 70.0 Å². The van der Waals surface area contributed by atoms with E-state index in [0.717, 1.165) is 26.2 Å². The minimum Gasteiger partial charge on any atom is -0.460 e. The Morgan fingerprint density at radius 2 is 2.06 bits per heavy atom. The maximum atomic E-state index is 12.5. The molecule has 0 aliphatic rings. The second kappa shape index (κ2) is 11.9. The first kappa shape index (κ1) is 26.3. The van der Waals surface area contributed by atoms with Gasteiger partial charge < -0.3 is 25.7 Å². The highest BCUT2D eigenvalue weighted by Gasteiger charge is 2.29. The summed E-state index contributed by atoms with van der Waals surface area (Å²) in [6, 6.07) is 11.3. The lowest BCUT2D eigenvalue weighted by Crippen LogP contribution is -2.32. The molecule has 2 aromatic heterocycles. The molecule has 11 heteroatoms. The molecule has 0 spiro atoms. The molecule has 3 rings (SSSR count). The van der Waals surface area contributed by atoms with Crippen LogP contribution in [0, 0.1) is 15.5 Å². The standard InChI is InChI=1S/C24H30N4O6S/c1-24(2,9-3-11-34-28(31)32)23(30)33-15-16-4-6-17(7-5-16)19(13-25)22(29)27-21-12-18-8-10-26-14-20(18)35-21/h4-8,10,12,14,19,22,27,29H,3,9,11,13,15,25H2,1-2H3/t19-,22+/m1/s1. The van der Waals surface area contributed by atoms with Crippen molar-refractivity contribution in [2.75, 3.05) is 18.5 Å². The van der Waals surface area contributed by atoms with Gasteiger partial charge in [0.15, 0.2) is 0 Å². The Bertz CT molecular complexity index is 1100. The van der Waals surface area contributed by atoms with Crippen molar-refractivity contribution in [2.24, 2.45) is 11.1 Å². The average molecular weight is 503 g/mol. The lowest BCUT2D eigenvalue weighted by atomic mass is 9.88. The topological polar surface area (TPSA) is 150 Å². The number of carbonyl (C=O) groups excluding carboxylic acids is 1. The number of rotatable bonds is 13. The van der Waals surface area contributed by atoms with Gasteiger partial charge in [0.25, 0.3) is 5.09 Å². The molecule has 10 nitrogen and oxygen atoms in total. The molecule has 1 aromatic carbocycles. The predicted octanol–water partition coefficient (Wildman–Crippen LogP) is 3.83. The van der Waals surface area contributed by atoms with Gasteiger partial charge in [0, 0.05) is 24.9 Å². The summed E-state index contributed by atoms with van der Waals surface area (Å²) in [7, 11) is 0. The van der Waals surface area contributed by atoms with Crippen molar-refractivity contribution in [3.63, 3.8) is 0 Å². The molecule has 0 amide bonds. The van der Waals surface area contributed by atoms with Crippen molar-refractivity contribution in [3.8, 4) is 0 Å². The number of pyridine rings is 1. The summed E-state index contributed by atoms with van der Waals surface area (Å²) in [6.07, 6.45) is 3.40. The SMILES string of the molecule is CC(C)(CCCO[N+](=O)[O-])C(=O)OCc1ccc([C@@H](CN)[C@H](O)Nc2cc3ccncc3s2)cc1. The molecule has 188 valence electrons. The average Bonchev–Trinajstić information content (AvgIpc) is 3.23. The second-order valence-electron chi connectivity index (χ2n) is 8.82. The molecular weight excluding hydrogens is 472 g/mol. The van der Waals surface area contributed by atoms with Crippen molar-refractivity contribution in [2.45, 2.75) is 45.4 Å². The van der Waals surface area contributed by atoms with E-state index >= 15 is 0 Å². The maximum absolute atomic E-state index is 12.5. The molecule has 2 heterocycles. The minimum absolute atomic E-state index is 0.0612. The molecule has 0 radical (unpaired) electrons. The third-order valence-electron chi connectivity index (χ3n) is 5.72. The van der Waals surface area contributed by atoms with Crippen LogP contribution in [0.2, 0.25) is 0 Å². The molecule has 2 atom stereocenters. The Morgan fingerprint density at radius 3 is 2.71 bits per heavy atom. The van der Waals surface area contributed by atoms with E-state index in [4.69, 9.17) is 10.5 Å². The van der Waals surface area contributed by atoms with Gasteiger partial charge in [-0.05, 0) is 55.3 Å². The lowest BCUT2D eigenvalue weighted by Gasteiger charge is -2.24. The molecular formula is C24H30N4O6S. The van der Waals surface area contributed by atoms with Crippen LogP contribution in [0.4, 0.5) is 5.00 Å². The van der Waals surface area contributed by atoms with Gasteiger partial charge in [0.2, 0.25) is 0 Å². The normalized spacial score (nSPS) is 13.3. The van der Waals surface area contributed by atoms with Crippen LogP contribution >= 0.6 is 11.3 Å². The molecule has 3 aromatic rings. The highest BCUT2D eigenvalue weighted by Crippen LogP contribution is 2.31. The molecule has 0 unspecified atom stereocenters. The van der Waals surface area contributed by atoms with E-state index in [1.165, 1.54) is 11.3 Å². The largest absolute Gasteiger partial charge is 0.460 e. The van der Waals surface area contributed by atoms with Gasteiger partial charge in [-0.3, -0.25) is 9.78 Å². The summed E-state index contributed by atoms with van der Waals surface area (Å²) in [4.78, 5) is 31.1. The molecule has 0 aliphatic carbocycles. The zero-order valence-corrected chi connectivity index (χ0v) is 20.5. The summed E-state index contributed by atoms with van der Waals surface area (Å²) in [5.74, 6) is -0.726. The second-order valence-corrected chi connectivity index (χ2v) is 9.90. The van der Waals surface area contributed by atoms with Crippen molar-refractivity contribution >= 4 is 32.4 Å². The summed E-state index contributed by atoms with van der Waals surface area (Å²) in [5.41, 5.74) is 6.83. The number of thiophene rings is 1. The quantitative estimate of drug-likeness (QED) is 0.104. The van der Waals surface area contributed by atoms with Crippen LogP contribution in [-0.2, 0) is 21.0 Å². The van der Waals surface area contributed by atoms with Gasteiger partial charge in [-0.15, -0.1) is 21.5 Å². The summed E-state index contributed by atoms with van der Waals surface area (Å²) in [5, 5.41) is 25.2. The van der Waals surface area contributed by atoms with Crippen LogP contribution in [-0.4, -0.2) is 40.5 Å². The molecule has 0 bridgehead atoms. The molecule has 4 N–H and O–H groups in total. The number of benzene rings is 1. The number of hydrogen-bond acceptors (Lipinski definition) is 10. The van der Waals surface area contributed by atoms with E-state index < -0.39 is 16.7 Å². The van der Waals surface area contributed by atoms with Crippen LogP contribution < -0.4 is 11.1 Å². The number of nitrogens with one attached hydrogen (secondary N) is 1. The molecule has 0 fully saturated rings. The number of ether oxygens (including phenoxy) is 1. The molecule has 0 saturated carbocycles. The predicted molar refractivity (Wildman–Crippen MR) is 133 cm³/mol. The first-order valence-electron chi connectivity index (χ1n) is 11.2. The Hall–Kier alpha value is -3.28. The maximum Gasteiger partial charge on any atom is 0.311 e. The zero-order chi connectivity index (χ0) is 25.4. The number of nitrogens with zero attached hydrogens (tertiary/aromatic N) is 2. The minimum atomic E-state index is -0.884. The number of aliphatic hydroxyl groups is 1. The van der Waals surface area contributed by atoms with Crippen LogP contribution in [0.5, 0.6) is 0 Å². The number of anilines is 1. The zero-order valence-electron chi connectivity index (χ0n) is 19.7. The van der Waals surface area contributed by atoms with E-state index in [1.807, 2.05) is 36.4 Å². The lowest BCUT2D eigenvalue weighted by molar-refractivity contribution is -0.757. The number of aromatic nitrogens is 1. The van der Waals surface area contributed by atoms with Gasteiger partial charge in [-0.25, -0.2) is 0 Å². The summed E-state index contributed by atoms with van der Waals surface area (Å²) < 4.78 is 6.48. The fourth-order valence-corrected chi connectivity index (χ4v) is 4.57. The smallest absolute Gasteiger partial charge is 0.311 e. The monoisotopic (exact) mass is 502 g/mol. The summed E-state index contributed by atoms with van der Waals surface area (Å²) >= 11 is 1.51. The number of carbonyl (C=O) groups is 1. The van der Waals surface area contributed by atoms with Gasteiger partial charge in [-0.1, -0.05) is 24.3 Å². The number of esters is 1. The van der Waals surface area contributed by atoms with Crippen LogP contribution in [0.1, 0.15) is 43.7 Å². The highest BCUT2D eigenvalue weighted by molar-refractivity contribution is 7.22.